The number of hydrogen-bond donors (Lipinski definition) is 2. The molecule has 0 aromatic heterocycles. The van der Waals surface area contributed by atoms with Crippen LogP contribution in [-0.2, 0) is 9.59 Å². The summed E-state index contributed by atoms with van der Waals surface area (Å²) in [6.07, 6.45) is 0. The van der Waals surface area contributed by atoms with Crippen molar-refractivity contribution in [1.29, 1.82) is 0 Å². The number of aliphatic carboxylic acids is 1. The van der Waals surface area contributed by atoms with Crippen LogP contribution >= 0.6 is 11.6 Å². The van der Waals surface area contributed by atoms with Crippen LogP contribution in [0.15, 0.2) is 48.5 Å². The number of carbonyl (C=O) groups excluding carboxylic acids is 1. The normalized spacial score (nSPS) is 12.3. The number of halogens is 1. The molecule has 1 atom stereocenters. The third-order valence-electron chi connectivity index (χ3n) is 3.65. The van der Waals surface area contributed by atoms with Crippen molar-refractivity contribution in [2.24, 2.45) is 0 Å². The van der Waals surface area contributed by atoms with Gasteiger partial charge in [-0.1, -0.05) is 35.9 Å². The van der Waals surface area contributed by atoms with Gasteiger partial charge in [0, 0.05) is 11.9 Å². The van der Waals surface area contributed by atoms with Gasteiger partial charge in [0.05, 0.1) is 6.04 Å². The van der Waals surface area contributed by atoms with Crippen LogP contribution < -0.4 is 10.1 Å². The maximum absolute atomic E-state index is 11.6. The number of amides is 1. The SMILES string of the molecule is CC(=O)NC(c1ccc(Cl)cc1)c1ccc(OC(C)(C)C(=O)O)cc1. The van der Waals surface area contributed by atoms with E-state index in [1.54, 1.807) is 36.4 Å². The summed E-state index contributed by atoms with van der Waals surface area (Å²) in [7, 11) is 0. The summed E-state index contributed by atoms with van der Waals surface area (Å²) in [5, 5.41) is 12.6. The monoisotopic (exact) mass is 361 g/mol. The summed E-state index contributed by atoms with van der Waals surface area (Å²) in [6.45, 7) is 4.42. The summed E-state index contributed by atoms with van der Waals surface area (Å²) in [5.41, 5.74) is 0.409. The third-order valence-corrected chi connectivity index (χ3v) is 3.90. The maximum Gasteiger partial charge on any atom is 0.347 e. The Balaban J connectivity index is 2.28. The van der Waals surface area contributed by atoms with Crippen LogP contribution in [0, 0.1) is 0 Å². The molecule has 0 saturated heterocycles. The van der Waals surface area contributed by atoms with E-state index in [-0.39, 0.29) is 11.9 Å². The average Bonchev–Trinajstić information content (AvgIpc) is 2.54. The van der Waals surface area contributed by atoms with Gasteiger partial charge in [0.25, 0.3) is 0 Å². The zero-order valence-electron chi connectivity index (χ0n) is 14.2. The van der Waals surface area contributed by atoms with Crippen LogP contribution in [0.5, 0.6) is 5.75 Å². The minimum Gasteiger partial charge on any atom is -0.478 e. The van der Waals surface area contributed by atoms with E-state index in [1.807, 2.05) is 12.1 Å². The molecule has 0 fully saturated rings. The van der Waals surface area contributed by atoms with Gasteiger partial charge in [0.15, 0.2) is 5.60 Å². The lowest BCUT2D eigenvalue weighted by Crippen LogP contribution is -2.37. The molecule has 2 aromatic carbocycles. The fourth-order valence-electron chi connectivity index (χ4n) is 2.28. The molecule has 0 saturated carbocycles. The van der Waals surface area contributed by atoms with Crippen LogP contribution in [0.1, 0.15) is 37.9 Å². The highest BCUT2D eigenvalue weighted by Crippen LogP contribution is 2.26. The molecule has 0 aliphatic rings. The van der Waals surface area contributed by atoms with Crippen LogP contribution in [0.25, 0.3) is 0 Å². The highest BCUT2D eigenvalue weighted by molar-refractivity contribution is 6.30. The Morgan fingerprint density at radius 3 is 1.96 bits per heavy atom. The smallest absolute Gasteiger partial charge is 0.347 e. The molecule has 1 amide bonds. The summed E-state index contributed by atoms with van der Waals surface area (Å²) in [5.74, 6) is -0.769. The second-order valence-electron chi connectivity index (χ2n) is 6.17. The molecule has 25 heavy (non-hydrogen) atoms. The molecule has 132 valence electrons. The number of benzene rings is 2. The first-order chi connectivity index (χ1) is 11.7. The van der Waals surface area contributed by atoms with E-state index in [0.29, 0.717) is 10.8 Å². The standard InChI is InChI=1S/C19H20ClNO4/c1-12(22)21-17(13-4-8-15(20)9-5-13)14-6-10-16(11-7-14)25-19(2,3)18(23)24/h4-11,17H,1-3H3,(H,21,22)(H,23,24). The van der Waals surface area contributed by atoms with Gasteiger partial charge >= 0.3 is 5.97 Å². The van der Waals surface area contributed by atoms with Crippen molar-refractivity contribution >= 4 is 23.5 Å². The van der Waals surface area contributed by atoms with Crippen LogP contribution in [0.3, 0.4) is 0 Å². The fraction of sp³-hybridized carbons (Fsp3) is 0.263. The van der Waals surface area contributed by atoms with Crippen molar-refractivity contribution in [1.82, 2.24) is 5.32 Å². The lowest BCUT2D eigenvalue weighted by atomic mass is 9.98. The zero-order chi connectivity index (χ0) is 18.6. The predicted octanol–water partition coefficient (Wildman–Crippen LogP) is 3.81. The number of carboxylic acid groups (broad SMARTS) is 1. The van der Waals surface area contributed by atoms with Gasteiger partial charge in [-0.15, -0.1) is 0 Å². The molecule has 0 bridgehead atoms. The first-order valence-electron chi connectivity index (χ1n) is 7.74. The van der Waals surface area contributed by atoms with E-state index in [1.165, 1.54) is 20.8 Å². The highest BCUT2D eigenvalue weighted by atomic mass is 35.5. The van der Waals surface area contributed by atoms with E-state index >= 15 is 0 Å². The van der Waals surface area contributed by atoms with Crippen LogP contribution in [0.4, 0.5) is 0 Å². The third kappa shape index (κ3) is 4.97. The lowest BCUT2D eigenvalue weighted by Gasteiger charge is -2.23. The Labute approximate surface area is 151 Å². The quantitative estimate of drug-likeness (QED) is 0.820. The second-order valence-corrected chi connectivity index (χ2v) is 6.61. The van der Waals surface area contributed by atoms with E-state index < -0.39 is 11.6 Å². The van der Waals surface area contributed by atoms with Crippen molar-refractivity contribution in [3.63, 3.8) is 0 Å². The van der Waals surface area contributed by atoms with E-state index in [4.69, 9.17) is 21.4 Å². The Morgan fingerprint density at radius 1 is 1.04 bits per heavy atom. The molecule has 0 aliphatic heterocycles. The molecular weight excluding hydrogens is 342 g/mol. The molecule has 0 spiro atoms. The second kappa shape index (κ2) is 7.57. The van der Waals surface area contributed by atoms with E-state index in [0.717, 1.165) is 11.1 Å². The van der Waals surface area contributed by atoms with Gasteiger partial charge in [0.1, 0.15) is 5.75 Å². The molecule has 5 nitrogen and oxygen atoms in total. The van der Waals surface area contributed by atoms with E-state index in [9.17, 15) is 9.59 Å². The van der Waals surface area contributed by atoms with Crippen molar-refractivity contribution in [2.45, 2.75) is 32.4 Å². The van der Waals surface area contributed by atoms with Crippen LogP contribution in [0.2, 0.25) is 5.02 Å². The van der Waals surface area contributed by atoms with Crippen molar-refractivity contribution < 1.29 is 19.4 Å². The fourth-order valence-corrected chi connectivity index (χ4v) is 2.41. The average molecular weight is 362 g/mol. The van der Waals surface area contributed by atoms with Gasteiger partial charge in [-0.05, 0) is 49.2 Å². The van der Waals surface area contributed by atoms with Crippen molar-refractivity contribution in [2.75, 3.05) is 0 Å². The first-order valence-corrected chi connectivity index (χ1v) is 8.12. The minimum absolute atomic E-state index is 0.160. The summed E-state index contributed by atoms with van der Waals surface area (Å²) in [4.78, 5) is 22.7. The number of nitrogens with one attached hydrogen (secondary N) is 1. The molecule has 1 unspecified atom stereocenters. The molecule has 0 radical (unpaired) electrons. The number of hydrogen-bond acceptors (Lipinski definition) is 3. The summed E-state index contributed by atoms with van der Waals surface area (Å²) < 4.78 is 5.50. The van der Waals surface area contributed by atoms with Crippen LogP contribution in [-0.4, -0.2) is 22.6 Å². The molecular formula is C19H20ClNO4. The zero-order valence-corrected chi connectivity index (χ0v) is 15.0. The Bertz CT molecular complexity index is 754. The number of ether oxygens (including phenoxy) is 1. The topological polar surface area (TPSA) is 75.6 Å². The number of rotatable bonds is 6. The summed E-state index contributed by atoms with van der Waals surface area (Å²) >= 11 is 5.92. The van der Waals surface area contributed by atoms with Gasteiger partial charge in [-0.25, -0.2) is 4.79 Å². The number of carbonyl (C=O) groups is 2. The van der Waals surface area contributed by atoms with Gasteiger partial charge < -0.3 is 15.2 Å². The summed E-state index contributed by atoms with van der Waals surface area (Å²) in [6, 6.07) is 13.8. The Kier molecular flexibility index (Phi) is 5.69. The maximum atomic E-state index is 11.6. The predicted molar refractivity (Wildman–Crippen MR) is 95.9 cm³/mol. The molecule has 2 N–H and O–H groups in total. The molecule has 0 heterocycles. The van der Waals surface area contributed by atoms with Gasteiger partial charge in [-0.2, -0.15) is 0 Å². The Hall–Kier alpha value is -2.53. The lowest BCUT2D eigenvalue weighted by molar-refractivity contribution is -0.152. The highest BCUT2D eigenvalue weighted by Gasteiger charge is 2.29. The van der Waals surface area contributed by atoms with Crippen molar-refractivity contribution in [3.8, 4) is 5.75 Å². The Morgan fingerprint density at radius 2 is 1.52 bits per heavy atom. The molecule has 2 rings (SSSR count). The number of carboxylic acids is 1. The van der Waals surface area contributed by atoms with Crippen molar-refractivity contribution in [3.05, 3.63) is 64.7 Å². The first kappa shape index (κ1) is 18.8. The largest absolute Gasteiger partial charge is 0.478 e. The molecule has 0 aliphatic carbocycles. The minimum atomic E-state index is -1.32. The molecule has 2 aromatic rings. The molecule has 6 heteroatoms. The van der Waals surface area contributed by atoms with Gasteiger partial charge in [-0.3, -0.25) is 4.79 Å². The van der Waals surface area contributed by atoms with E-state index in [2.05, 4.69) is 5.32 Å². The van der Waals surface area contributed by atoms with Gasteiger partial charge in [0.2, 0.25) is 5.91 Å².